The second-order valence-electron chi connectivity index (χ2n) is 5.33. The molecule has 0 bridgehead atoms. The Morgan fingerprint density at radius 2 is 2.21 bits per heavy atom. The number of hydrogen-bond donors (Lipinski definition) is 2. The Hall–Kier alpha value is -1.36. The van der Waals surface area contributed by atoms with Gasteiger partial charge in [-0.05, 0) is 31.2 Å². The van der Waals surface area contributed by atoms with Crippen molar-refractivity contribution in [3.8, 4) is 0 Å². The third-order valence-electron chi connectivity index (χ3n) is 3.49. The summed E-state index contributed by atoms with van der Waals surface area (Å²) in [6, 6.07) is 0. The van der Waals surface area contributed by atoms with E-state index in [1.54, 1.807) is 0 Å². The number of carbonyl (C=O) groups is 1. The lowest BCUT2D eigenvalue weighted by molar-refractivity contribution is -0.121. The minimum atomic E-state index is -0.346. The van der Waals surface area contributed by atoms with Gasteiger partial charge in [0.1, 0.15) is 0 Å². The first-order chi connectivity index (χ1) is 8.91. The summed E-state index contributed by atoms with van der Waals surface area (Å²) >= 11 is 0. The van der Waals surface area contributed by atoms with Gasteiger partial charge in [0.2, 0.25) is 5.91 Å². The van der Waals surface area contributed by atoms with E-state index in [1.807, 2.05) is 38.7 Å². The molecular weight excluding hydrogens is 242 g/mol. The van der Waals surface area contributed by atoms with Gasteiger partial charge in [-0.25, -0.2) is 0 Å². The monoisotopic (exact) mass is 267 g/mol. The number of amides is 1. The maximum Gasteiger partial charge on any atom is 0.220 e. The van der Waals surface area contributed by atoms with Gasteiger partial charge in [-0.3, -0.25) is 9.48 Å². The first-order valence-electron chi connectivity index (χ1n) is 6.84. The molecule has 1 atom stereocenters. The number of carbonyl (C=O) groups excluding carboxylic acids is 1. The molecular formula is C14H25N3O2. The zero-order chi connectivity index (χ0) is 14.4. The molecule has 0 spiro atoms. The molecule has 0 saturated carbocycles. The highest BCUT2D eigenvalue weighted by atomic mass is 16.3. The van der Waals surface area contributed by atoms with Crippen LogP contribution < -0.4 is 5.32 Å². The normalized spacial score (nSPS) is 12.7. The van der Waals surface area contributed by atoms with Crippen LogP contribution >= 0.6 is 0 Å². The molecule has 0 saturated heterocycles. The average Bonchev–Trinajstić information content (AvgIpc) is 2.67. The minimum absolute atomic E-state index is 0.0270. The summed E-state index contributed by atoms with van der Waals surface area (Å²) < 4.78 is 1.81. The first-order valence-corrected chi connectivity index (χ1v) is 6.84. The molecule has 1 aromatic rings. The SMILES string of the molecule is Cc1c(CCC(=O)NCCC(O)C(C)C)cnn1C. The summed E-state index contributed by atoms with van der Waals surface area (Å²) in [4.78, 5) is 11.7. The van der Waals surface area contributed by atoms with E-state index in [0.717, 1.165) is 11.3 Å². The first kappa shape index (κ1) is 15.7. The summed E-state index contributed by atoms with van der Waals surface area (Å²) in [5, 5.41) is 16.6. The highest BCUT2D eigenvalue weighted by Gasteiger charge is 2.10. The van der Waals surface area contributed by atoms with Gasteiger partial charge in [0.05, 0.1) is 12.3 Å². The third-order valence-corrected chi connectivity index (χ3v) is 3.49. The van der Waals surface area contributed by atoms with E-state index in [4.69, 9.17) is 0 Å². The molecule has 0 fully saturated rings. The van der Waals surface area contributed by atoms with E-state index < -0.39 is 0 Å². The van der Waals surface area contributed by atoms with E-state index in [9.17, 15) is 9.90 Å². The summed E-state index contributed by atoms with van der Waals surface area (Å²) in [7, 11) is 1.90. The number of aliphatic hydroxyl groups excluding tert-OH is 1. The van der Waals surface area contributed by atoms with Gasteiger partial charge in [-0.1, -0.05) is 13.8 Å². The molecule has 108 valence electrons. The van der Waals surface area contributed by atoms with E-state index in [2.05, 4.69) is 10.4 Å². The Morgan fingerprint density at radius 1 is 1.53 bits per heavy atom. The standard InChI is InChI=1S/C14H25N3O2/c1-10(2)13(18)7-8-15-14(19)6-5-12-9-16-17(4)11(12)3/h9-10,13,18H,5-8H2,1-4H3,(H,15,19). The number of aryl methyl sites for hydroxylation is 2. The lowest BCUT2D eigenvalue weighted by Crippen LogP contribution is -2.28. The van der Waals surface area contributed by atoms with Crippen LogP contribution in [0.2, 0.25) is 0 Å². The van der Waals surface area contributed by atoms with Gasteiger partial charge in [0.25, 0.3) is 0 Å². The Kier molecular flexibility index (Phi) is 6.02. The van der Waals surface area contributed by atoms with Crippen LogP contribution in [0.25, 0.3) is 0 Å². The molecule has 2 N–H and O–H groups in total. The molecule has 19 heavy (non-hydrogen) atoms. The molecule has 1 rings (SSSR count). The summed E-state index contributed by atoms with van der Waals surface area (Å²) in [6.45, 7) is 6.47. The van der Waals surface area contributed by atoms with E-state index >= 15 is 0 Å². The Labute approximate surface area is 115 Å². The van der Waals surface area contributed by atoms with Gasteiger partial charge >= 0.3 is 0 Å². The largest absolute Gasteiger partial charge is 0.393 e. The van der Waals surface area contributed by atoms with Crippen molar-refractivity contribution in [1.82, 2.24) is 15.1 Å². The highest BCUT2D eigenvalue weighted by Crippen LogP contribution is 2.08. The Balaban J connectivity index is 2.23. The third kappa shape index (κ3) is 5.03. The molecule has 1 heterocycles. The van der Waals surface area contributed by atoms with Gasteiger partial charge < -0.3 is 10.4 Å². The van der Waals surface area contributed by atoms with Crippen LogP contribution in [0.5, 0.6) is 0 Å². The number of hydrogen-bond acceptors (Lipinski definition) is 3. The number of nitrogens with one attached hydrogen (secondary N) is 1. The minimum Gasteiger partial charge on any atom is -0.393 e. The number of aromatic nitrogens is 2. The molecule has 1 aromatic heterocycles. The predicted octanol–water partition coefficient (Wildman–Crippen LogP) is 1.18. The number of nitrogens with zero attached hydrogens (tertiary/aromatic N) is 2. The van der Waals surface area contributed by atoms with Crippen molar-refractivity contribution in [2.75, 3.05) is 6.54 Å². The fraction of sp³-hybridized carbons (Fsp3) is 0.714. The van der Waals surface area contributed by atoms with Crippen molar-refractivity contribution in [3.63, 3.8) is 0 Å². The van der Waals surface area contributed by atoms with E-state index in [-0.39, 0.29) is 17.9 Å². The molecule has 5 nitrogen and oxygen atoms in total. The molecule has 0 aromatic carbocycles. The van der Waals surface area contributed by atoms with Crippen LogP contribution in [0.3, 0.4) is 0 Å². The number of aliphatic hydroxyl groups is 1. The van der Waals surface area contributed by atoms with Crippen molar-refractivity contribution >= 4 is 5.91 Å². The molecule has 0 aliphatic rings. The topological polar surface area (TPSA) is 67.2 Å². The summed E-state index contributed by atoms with van der Waals surface area (Å²) in [5.41, 5.74) is 2.21. The van der Waals surface area contributed by atoms with Crippen LogP contribution in [-0.2, 0) is 18.3 Å². The van der Waals surface area contributed by atoms with Gasteiger partial charge in [0.15, 0.2) is 0 Å². The van der Waals surface area contributed by atoms with Gasteiger partial charge in [-0.2, -0.15) is 5.10 Å². The van der Waals surface area contributed by atoms with Crippen molar-refractivity contribution in [2.24, 2.45) is 13.0 Å². The summed E-state index contributed by atoms with van der Waals surface area (Å²) in [5.74, 6) is 0.258. The lowest BCUT2D eigenvalue weighted by Gasteiger charge is -2.14. The van der Waals surface area contributed by atoms with E-state index in [1.165, 1.54) is 0 Å². The number of rotatable bonds is 7. The van der Waals surface area contributed by atoms with Crippen molar-refractivity contribution in [2.45, 2.75) is 46.1 Å². The molecule has 1 unspecified atom stereocenters. The second-order valence-corrected chi connectivity index (χ2v) is 5.33. The maximum atomic E-state index is 11.7. The van der Waals surface area contributed by atoms with Crippen molar-refractivity contribution in [1.29, 1.82) is 0 Å². The highest BCUT2D eigenvalue weighted by molar-refractivity contribution is 5.76. The van der Waals surface area contributed by atoms with Crippen molar-refractivity contribution in [3.05, 3.63) is 17.5 Å². The maximum absolute atomic E-state index is 11.7. The smallest absolute Gasteiger partial charge is 0.220 e. The van der Waals surface area contributed by atoms with Crippen LogP contribution in [0.4, 0.5) is 0 Å². The second kappa shape index (κ2) is 7.28. The van der Waals surface area contributed by atoms with E-state index in [0.29, 0.717) is 25.8 Å². The van der Waals surface area contributed by atoms with Gasteiger partial charge in [0, 0.05) is 25.7 Å². The van der Waals surface area contributed by atoms with Crippen molar-refractivity contribution < 1.29 is 9.90 Å². The van der Waals surface area contributed by atoms with Crippen LogP contribution in [-0.4, -0.2) is 33.4 Å². The summed E-state index contributed by atoms with van der Waals surface area (Å²) in [6.07, 6.45) is 3.24. The molecule has 1 amide bonds. The Morgan fingerprint density at radius 3 is 2.74 bits per heavy atom. The predicted molar refractivity (Wildman–Crippen MR) is 74.7 cm³/mol. The van der Waals surface area contributed by atoms with Crippen LogP contribution in [0, 0.1) is 12.8 Å². The fourth-order valence-corrected chi connectivity index (χ4v) is 1.82. The molecule has 0 aliphatic heterocycles. The average molecular weight is 267 g/mol. The Bertz CT molecular complexity index is 413. The zero-order valence-corrected chi connectivity index (χ0v) is 12.3. The molecule has 5 heteroatoms. The quantitative estimate of drug-likeness (QED) is 0.779. The van der Waals surface area contributed by atoms with Crippen LogP contribution in [0.15, 0.2) is 6.20 Å². The van der Waals surface area contributed by atoms with Gasteiger partial charge in [-0.15, -0.1) is 0 Å². The fourth-order valence-electron chi connectivity index (χ4n) is 1.82. The molecule has 0 aliphatic carbocycles. The van der Waals surface area contributed by atoms with Crippen LogP contribution in [0.1, 0.15) is 37.9 Å². The molecule has 0 radical (unpaired) electrons. The zero-order valence-electron chi connectivity index (χ0n) is 12.3. The lowest BCUT2D eigenvalue weighted by atomic mass is 10.0.